The van der Waals surface area contributed by atoms with Gasteiger partial charge in [-0.05, 0) is 18.2 Å². The maximum atomic E-state index is 5.56. The minimum atomic E-state index is 0. The second kappa shape index (κ2) is 4.25. The third-order valence-corrected chi connectivity index (χ3v) is 1.50. The van der Waals surface area contributed by atoms with Gasteiger partial charge in [-0.1, -0.05) is 29.3 Å². The predicted octanol–water partition coefficient (Wildman–Crippen LogP) is 2.15. The van der Waals surface area contributed by atoms with Crippen LogP contribution in [0.1, 0.15) is 0 Å². The third-order valence-electron chi connectivity index (χ3n) is 0.764. The Kier molecular flexibility index (Phi) is 4.44. The number of benzene rings is 1. The normalized spacial score (nSPS) is 8.22. The molecule has 0 saturated carbocycles. The van der Waals surface area contributed by atoms with Crippen molar-refractivity contribution in [1.29, 1.82) is 0 Å². The number of hydrogen-bond acceptors (Lipinski definition) is 0. The van der Waals surface area contributed by atoms with Crippen molar-refractivity contribution in [2.75, 3.05) is 0 Å². The minimum absolute atomic E-state index is 0. The fraction of sp³-hybridized carbons (Fsp3) is 0. The van der Waals surface area contributed by atoms with Gasteiger partial charge in [0.1, 0.15) is 0 Å². The summed E-state index contributed by atoms with van der Waals surface area (Å²) >= 11 is 11.1. The molecule has 1 radical (unpaired) electrons. The Morgan fingerprint density at radius 1 is 1.22 bits per heavy atom. The van der Waals surface area contributed by atoms with E-state index in [4.69, 9.17) is 23.2 Å². The SMILES string of the molecule is Clc1c[c]ccc1Cl.[LiH]. The van der Waals surface area contributed by atoms with Gasteiger partial charge in [-0.25, -0.2) is 0 Å². The molecule has 9 heavy (non-hydrogen) atoms. The molecule has 0 atom stereocenters. The second-order valence-corrected chi connectivity index (χ2v) is 2.15. The van der Waals surface area contributed by atoms with Crippen LogP contribution in [0.4, 0.5) is 0 Å². The van der Waals surface area contributed by atoms with Gasteiger partial charge in [0.15, 0.2) is 0 Å². The monoisotopic (exact) mass is 153 g/mol. The number of rotatable bonds is 0. The molecule has 0 unspecified atom stereocenters. The molecule has 0 aliphatic carbocycles. The molecule has 0 bridgehead atoms. The number of halogens is 2. The Morgan fingerprint density at radius 2 is 1.89 bits per heavy atom. The van der Waals surface area contributed by atoms with Gasteiger partial charge in [-0.3, -0.25) is 0 Å². The molecule has 0 spiro atoms. The summed E-state index contributed by atoms with van der Waals surface area (Å²) in [6.45, 7) is 0. The van der Waals surface area contributed by atoms with E-state index < -0.39 is 0 Å². The van der Waals surface area contributed by atoms with E-state index in [-0.39, 0.29) is 18.9 Å². The van der Waals surface area contributed by atoms with Crippen LogP contribution in [0.3, 0.4) is 0 Å². The topological polar surface area (TPSA) is 0 Å². The second-order valence-electron chi connectivity index (χ2n) is 1.34. The summed E-state index contributed by atoms with van der Waals surface area (Å²) in [6, 6.07) is 7.83. The van der Waals surface area contributed by atoms with E-state index in [0.29, 0.717) is 10.0 Å². The number of hydrogen-bond donors (Lipinski definition) is 0. The Morgan fingerprint density at radius 3 is 2.22 bits per heavy atom. The summed E-state index contributed by atoms with van der Waals surface area (Å²) in [5.74, 6) is 0. The van der Waals surface area contributed by atoms with Crippen molar-refractivity contribution in [1.82, 2.24) is 0 Å². The predicted molar refractivity (Wildman–Crippen MR) is 42.4 cm³/mol. The van der Waals surface area contributed by atoms with Gasteiger partial charge in [0.05, 0.1) is 10.0 Å². The Balaban J connectivity index is 0.000000640. The first-order valence-electron chi connectivity index (χ1n) is 2.12. The van der Waals surface area contributed by atoms with Crippen molar-refractivity contribution < 1.29 is 0 Å². The quantitative estimate of drug-likeness (QED) is 0.502. The van der Waals surface area contributed by atoms with Crippen molar-refractivity contribution in [2.24, 2.45) is 0 Å². The summed E-state index contributed by atoms with van der Waals surface area (Å²) in [6.07, 6.45) is 0. The third kappa shape index (κ3) is 2.65. The summed E-state index contributed by atoms with van der Waals surface area (Å²) in [4.78, 5) is 0. The molecule has 1 rings (SSSR count). The Hall–Kier alpha value is 0.397. The van der Waals surface area contributed by atoms with E-state index in [9.17, 15) is 0 Å². The van der Waals surface area contributed by atoms with Crippen LogP contribution in [0, 0.1) is 6.07 Å². The molecule has 0 aliphatic heterocycles. The molecule has 1 aromatic rings. The van der Waals surface area contributed by atoms with E-state index in [1.807, 2.05) is 0 Å². The van der Waals surface area contributed by atoms with Crippen molar-refractivity contribution in [3.8, 4) is 0 Å². The Bertz CT molecular complexity index is 167. The molecule has 3 heteroatoms. The van der Waals surface area contributed by atoms with E-state index in [2.05, 4.69) is 6.07 Å². The average Bonchev–Trinajstić information content (AvgIpc) is 1.77. The van der Waals surface area contributed by atoms with E-state index in [1.165, 1.54) is 0 Å². The molecule has 0 heterocycles. The molecule has 0 saturated heterocycles. The molecule has 43 valence electrons. The van der Waals surface area contributed by atoms with Crippen LogP contribution < -0.4 is 0 Å². The first-order chi connectivity index (χ1) is 3.80. The summed E-state index contributed by atoms with van der Waals surface area (Å²) in [5.41, 5.74) is 0. The maximum absolute atomic E-state index is 5.56. The summed E-state index contributed by atoms with van der Waals surface area (Å²) < 4.78 is 0. The first kappa shape index (κ1) is 9.40. The van der Waals surface area contributed by atoms with Crippen LogP contribution in [0.15, 0.2) is 18.2 Å². The van der Waals surface area contributed by atoms with Crippen LogP contribution in [0.25, 0.3) is 0 Å². The molecule has 1 aromatic carbocycles. The van der Waals surface area contributed by atoms with Crippen LogP contribution in [0.5, 0.6) is 0 Å². The van der Waals surface area contributed by atoms with Gasteiger partial charge in [-0.15, -0.1) is 0 Å². The fourth-order valence-electron chi connectivity index (χ4n) is 0.391. The zero-order valence-corrected chi connectivity index (χ0v) is 5.50. The average molecular weight is 154 g/mol. The van der Waals surface area contributed by atoms with E-state index in [1.54, 1.807) is 18.2 Å². The molecule has 0 N–H and O–H groups in total. The zero-order chi connectivity index (χ0) is 5.98. The molecule has 0 aromatic heterocycles. The standard InChI is InChI=1S/C6H3Cl2.Li.H/c7-5-3-1-2-4-6(5)8;;/h1,3-4H;;. The molecule has 0 amide bonds. The van der Waals surface area contributed by atoms with Gasteiger partial charge in [0.25, 0.3) is 0 Å². The van der Waals surface area contributed by atoms with Crippen molar-refractivity contribution in [3.05, 3.63) is 34.3 Å². The van der Waals surface area contributed by atoms with Crippen LogP contribution in [-0.4, -0.2) is 18.9 Å². The van der Waals surface area contributed by atoms with Gasteiger partial charge in [0.2, 0.25) is 0 Å². The van der Waals surface area contributed by atoms with Crippen molar-refractivity contribution >= 4 is 42.1 Å². The molecule has 0 aliphatic rings. The van der Waals surface area contributed by atoms with Crippen molar-refractivity contribution in [2.45, 2.75) is 0 Å². The van der Waals surface area contributed by atoms with Gasteiger partial charge >= 0.3 is 18.9 Å². The van der Waals surface area contributed by atoms with Gasteiger partial charge in [0, 0.05) is 0 Å². The summed E-state index contributed by atoms with van der Waals surface area (Å²) in [7, 11) is 0. The van der Waals surface area contributed by atoms with Gasteiger partial charge in [-0.2, -0.15) is 0 Å². The summed E-state index contributed by atoms with van der Waals surface area (Å²) in [5, 5.41) is 1.12. The van der Waals surface area contributed by atoms with E-state index in [0.717, 1.165) is 0 Å². The zero-order valence-electron chi connectivity index (χ0n) is 3.99. The first-order valence-corrected chi connectivity index (χ1v) is 2.87. The molecular formula is C6H4Cl2Li. The van der Waals surface area contributed by atoms with Crippen molar-refractivity contribution in [3.63, 3.8) is 0 Å². The molecular weight excluding hydrogens is 150 g/mol. The van der Waals surface area contributed by atoms with Crippen LogP contribution >= 0.6 is 23.2 Å². The van der Waals surface area contributed by atoms with Crippen LogP contribution in [-0.2, 0) is 0 Å². The fourth-order valence-corrected chi connectivity index (χ4v) is 0.635. The van der Waals surface area contributed by atoms with Gasteiger partial charge < -0.3 is 0 Å². The molecule has 0 nitrogen and oxygen atoms in total. The molecule has 0 fully saturated rings. The van der Waals surface area contributed by atoms with E-state index >= 15 is 0 Å². The van der Waals surface area contributed by atoms with Crippen LogP contribution in [0.2, 0.25) is 10.0 Å². The Labute approximate surface area is 76.3 Å².